The molecule has 1 aliphatic rings. The van der Waals surface area contributed by atoms with Crippen molar-refractivity contribution in [3.63, 3.8) is 0 Å². The summed E-state index contributed by atoms with van der Waals surface area (Å²) in [5, 5.41) is 4.78. The number of para-hydroxylation sites is 1. The van der Waals surface area contributed by atoms with Crippen LogP contribution in [0.3, 0.4) is 0 Å². The summed E-state index contributed by atoms with van der Waals surface area (Å²) in [5.74, 6) is 0.880. The predicted molar refractivity (Wildman–Crippen MR) is 108 cm³/mol. The zero-order chi connectivity index (χ0) is 19.5. The summed E-state index contributed by atoms with van der Waals surface area (Å²) in [6.45, 7) is 1.36. The fourth-order valence-electron chi connectivity index (χ4n) is 3.53. The maximum atomic E-state index is 12.8. The number of methoxy groups -OCH3 is 1. The number of rotatable bonds is 5. The van der Waals surface area contributed by atoms with Crippen LogP contribution < -0.4 is 10.5 Å². The third kappa shape index (κ3) is 3.77. The van der Waals surface area contributed by atoms with Gasteiger partial charge in [-0.25, -0.2) is 4.68 Å². The maximum absolute atomic E-state index is 12.8. The molecule has 0 bridgehead atoms. The molecule has 0 spiro atoms. The van der Waals surface area contributed by atoms with Gasteiger partial charge in [-0.1, -0.05) is 18.2 Å². The maximum Gasteiger partial charge on any atom is 0.227 e. The molecule has 1 aromatic heterocycles. The van der Waals surface area contributed by atoms with Gasteiger partial charge < -0.3 is 15.4 Å². The van der Waals surface area contributed by atoms with Crippen molar-refractivity contribution in [2.75, 3.05) is 20.2 Å². The molecular weight excluding hydrogens is 352 g/mol. The minimum Gasteiger partial charge on any atom is -0.497 e. The Morgan fingerprint density at radius 3 is 2.57 bits per heavy atom. The molecule has 28 heavy (non-hydrogen) atoms. The van der Waals surface area contributed by atoms with Crippen molar-refractivity contribution in [1.29, 1.82) is 0 Å². The van der Waals surface area contributed by atoms with Crippen LogP contribution in [-0.4, -0.2) is 46.8 Å². The van der Waals surface area contributed by atoms with Gasteiger partial charge in [-0.2, -0.15) is 5.10 Å². The Kier molecular flexibility index (Phi) is 5.12. The van der Waals surface area contributed by atoms with Crippen LogP contribution >= 0.6 is 0 Å². The average molecular weight is 376 g/mol. The number of hydrogen-bond acceptors (Lipinski definition) is 4. The highest BCUT2D eigenvalue weighted by Gasteiger charge is 2.25. The SMILES string of the molecule is COc1ccc(-c2nn(-c3ccccc3)cc2CC(=O)N2CC[C@H](N)C2)cc1. The van der Waals surface area contributed by atoms with E-state index in [0.717, 1.165) is 41.2 Å². The number of ether oxygens (including phenoxy) is 1. The molecular formula is C22H24N4O2. The highest BCUT2D eigenvalue weighted by Crippen LogP contribution is 2.27. The summed E-state index contributed by atoms with van der Waals surface area (Å²) in [6.07, 6.45) is 3.12. The number of carbonyl (C=O) groups is 1. The third-order valence-corrected chi connectivity index (χ3v) is 5.09. The number of nitrogens with two attached hydrogens (primary N) is 1. The van der Waals surface area contributed by atoms with Gasteiger partial charge in [0.15, 0.2) is 0 Å². The van der Waals surface area contributed by atoms with E-state index in [2.05, 4.69) is 0 Å². The van der Waals surface area contributed by atoms with Crippen LogP contribution in [0.1, 0.15) is 12.0 Å². The fourth-order valence-corrected chi connectivity index (χ4v) is 3.53. The highest BCUT2D eigenvalue weighted by molar-refractivity contribution is 5.81. The molecule has 6 nitrogen and oxygen atoms in total. The number of aromatic nitrogens is 2. The number of amides is 1. The summed E-state index contributed by atoms with van der Waals surface area (Å²) in [7, 11) is 1.64. The fraction of sp³-hybridized carbons (Fsp3) is 0.273. The zero-order valence-corrected chi connectivity index (χ0v) is 15.9. The van der Waals surface area contributed by atoms with Crippen molar-refractivity contribution in [2.24, 2.45) is 5.73 Å². The Hall–Kier alpha value is -3.12. The molecule has 0 unspecified atom stereocenters. The number of nitrogens with zero attached hydrogens (tertiary/aromatic N) is 3. The summed E-state index contributed by atoms with van der Waals surface area (Å²) in [4.78, 5) is 14.7. The van der Waals surface area contributed by atoms with Crippen molar-refractivity contribution in [2.45, 2.75) is 18.9 Å². The topological polar surface area (TPSA) is 73.4 Å². The lowest BCUT2D eigenvalue weighted by Crippen LogP contribution is -2.32. The molecule has 3 aromatic rings. The number of carbonyl (C=O) groups excluding carboxylic acids is 1. The Balaban J connectivity index is 1.68. The van der Waals surface area contributed by atoms with E-state index < -0.39 is 0 Å². The van der Waals surface area contributed by atoms with Crippen LogP contribution in [0.5, 0.6) is 5.75 Å². The molecule has 0 aliphatic carbocycles. The summed E-state index contributed by atoms with van der Waals surface area (Å²) in [6, 6.07) is 17.7. The normalized spacial score (nSPS) is 16.4. The zero-order valence-electron chi connectivity index (χ0n) is 15.9. The van der Waals surface area contributed by atoms with Crippen molar-refractivity contribution in [3.8, 4) is 22.7 Å². The predicted octanol–water partition coefficient (Wildman–Crippen LogP) is 2.65. The van der Waals surface area contributed by atoms with Gasteiger partial charge in [0.1, 0.15) is 5.75 Å². The molecule has 2 aromatic carbocycles. The minimum absolute atomic E-state index is 0.0806. The molecule has 1 amide bonds. The first-order valence-electron chi connectivity index (χ1n) is 9.46. The highest BCUT2D eigenvalue weighted by atomic mass is 16.5. The third-order valence-electron chi connectivity index (χ3n) is 5.09. The summed E-state index contributed by atoms with van der Waals surface area (Å²) >= 11 is 0. The van der Waals surface area contributed by atoms with E-state index in [1.165, 1.54) is 0 Å². The van der Waals surface area contributed by atoms with Crippen LogP contribution in [-0.2, 0) is 11.2 Å². The van der Waals surface area contributed by atoms with Crippen LogP contribution in [0.15, 0.2) is 60.8 Å². The molecule has 1 aliphatic heterocycles. The second kappa shape index (κ2) is 7.86. The second-order valence-corrected chi connectivity index (χ2v) is 7.08. The van der Waals surface area contributed by atoms with Gasteiger partial charge >= 0.3 is 0 Å². The van der Waals surface area contributed by atoms with Gasteiger partial charge in [0.25, 0.3) is 0 Å². The molecule has 1 saturated heterocycles. The molecule has 2 N–H and O–H groups in total. The van der Waals surface area contributed by atoms with E-state index >= 15 is 0 Å². The summed E-state index contributed by atoms with van der Waals surface area (Å²) < 4.78 is 7.08. The van der Waals surface area contributed by atoms with E-state index in [0.29, 0.717) is 13.0 Å². The number of hydrogen-bond donors (Lipinski definition) is 1. The Labute approximate surface area is 164 Å². The first-order valence-corrected chi connectivity index (χ1v) is 9.46. The minimum atomic E-state index is 0.0806. The molecule has 2 heterocycles. The second-order valence-electron chi connectivity index (χ2n) is 7.08. The van der Waals surface area contributed by atoms with Crippen LogP contribution in [0.25, 0.3) is 16.9 Å². The van der Waals surface area contributed by atoms with E-state index in [1.54, 1.807) is 7.11 Å². The van der Waals surface area contributed by atoms with Crippen molar-refractivity contribution >= 4 is 5.91 Å². The Morgan fingerprint density at radius 2 is 1.93 bits per heavy atom. The van der Waals surface area contributed by atoms with E-state index in [9.17, 15) is 4.79 Å². The van der Waals surface area contributed by atoms with Crippen LogP contribution in [0.4, 0.5) is 0 Å². The summed E-state index contributed by atoms with van der Waals surface area (Å²) in [5.41, 5.74) is 9.59. The lowest BCUT2D eigenvalue weighted by Gasteiger charge is -2.15. The molecule has 0 radical (unpaired) electrons. The smallest absolute Gasteiger partial charge is 0.227 e. The van der Waals surface area contributed by atoms with Crippen molar-refractivity contribution in [3.05, 3.63) is 66.4 Å². The van der Waals surface area contributed by atoms with Gasteiger partial charge in [-0.3, -0.25) is 4.79 Å². The van der Waals surface area contributed by atoms with Crippen molar-refractivity contribution < 1.29 is 9.53 Å². The molecule has 4 rings (SSSR count). The van der Waals surface area contributed by atoms with Crippen LogP contribution in [0, 0.1) is 0 Å². The lowest BCUT2D eigenvalue weighted by atomic mass is 10.1. The van der Waals surface area contributed by atoms with E-state index in [-0.39, 0.29) is 11.9 Å². The monoisotopic (exact) mass is 376 g/mol. The Morgan fingerprint density at radius 1 is 1.18 bits per heavy atom. The number of likely N-dealkylation sites (tertiary alicyclic amines) is 1. The molecule has 6 heteroatoms. The Bertz CT molecular complexity index is 950. The number of benzene rings is 2. The van der Waals surface area contributed by atoms with Gasteiger partial charge in [0, 0.05) is 36.5 Å². The van der Waals surface area contributed by atoms with Gasteiger partial charge in [-0.05, 0) is 42.8 Å². The van der Waals surface area contributed by atoms with E-state index in [4.69, 9.17) is 15.6 Å². The molecule has 1 atom stereocenters. The first kappa shape index (κ1) is 18.3. The lowest BCUT2D eigenvalue weighted by molar-refractivity contribution is -0.129. The van der Waals surface area contributed by atoms with Gasteiger partial charge in [-0.15, -0.1) is 0 Å². The molecule has 1 fully saturated rings. The van der Waals surface area contributed by atoms with Crippen LogP contribution in [0.2, 0.25) is 0 Å². The average Bonchev–Trinajstić information content (AvgIpc) is 3.35. The first-order chi connectivity index (χ1) is 13.6. The van der Waals surface area contributed by atoms with Gasteiger partial charge in [0.2, 0.25) is 5.91 Å². The molecule has 0 saturated carbocycles. The largest absolute Gasteiger partial charge is 0.497 e. The van der Waals surface area contributed by atoms with Gasteiger partial charge in [0.05, 0.1) is 24.9 Å². The quantitative estimate of drug-likeness (QED) is 0.743. The van der Waals surface area contributed by atoms with E-state index in [1.807, 2.05) is 70.4 Å². The standard InChI is InChI=1S/C22H24N4O2/c1-28-20-9-7-16(8-10-20)22-17(13-21(27)25-12-11-18(23)15-25)14-26(24-22)19-5-3-2-4-6-19/h2-10,14,18H,11-13,15,23H2,1H3/t18-/m0/s1. The van der Waals surface area contributed by atoms with Crippen molar-refractivity contribution in [1.82, 2.24) is 14.7 Å². The molecule has 144 valence electrons.